The van der Waals surface area contributed by atoms with Crippen molar-refractivity contribution in [1.82, 2.24) is 4.90 Å². The number of piperidine rings is 1. The number of anilines is 1. The first kappa shape index (κ1) is 23.3. The fraction of sp³-hybridized carbons (Fsp3) is 0.280. The zero-order valence-electron chi connectivity index (χ0n) is 18.0. The third kappa shape index (κ3) is 4.92. The van der Waals surface area contributed by atoms with Gasteiger partial charge in [0.05, 0.1) is 12.1 Å². The van der Waals surface area contributed by atoms with Gasteiger partial charge in [0.25, 0.3) is 0 Å². The number of amides is 2. The normalized spacial score (nSPS) is 14.5. The Hall–Kier alpha value is -2.83. The van der Waals surface area contributed by atoms with Gasteiger partial charge in [-0.05, 0) is 89.5 Å². The van der Waals surface area contributed by atoms with Gasteiger partial charge in [-0.1, -0.05) is 23.7 Å². The highest BCUT2D eigenvalue weighted by Gasteiger charge is 2.29. The fourth-order valence-electron chi connectivity index (χ4n) is 4.60. The van der Waals surface area contributed by atoms with Crippen LogP contribution in [0.3, 0.4) is 0 Å². The maximum Gasteiger partial charge on any atom is 0.339 e. The van der Waals surface area contributed by atoms with Gasteiger partial charge in [-0.3, -0.25) is 4.79 Å². The lowest BCUT2D eigenvalue weighted by atomic mass is 9.81. The Morgan fingerprint density at radius 3 is 2.42 bits per heavy atom. The van der Waals surface area contributed by atoms with E-state index in [2.05, 4.69) is 0 Å². The first-order valence-electron chi connectivity index (χ1n) is 10.7. The number of hydrogen-bond acceptors (Lipinski definition) is 2. The quantitative estimate of drug-likeness (QED) is 0.424. The van der Waals surface area contributed by atoms with Crippen molar-refractivity contribution in [3.8, 4) is 0 Å². The van der Waals surface area contributed by atoms with Crippen LogP contribution in [0.25, 0.3) is 10.8 Å². The number of fused-ring (bicyclic) bond motifs is 1. The Morgan fingerprint density at radius 2 is 1.79 bits per heavy atom. The van der Waals surface area contributed by atoms with Crippen LogP contribution in [-0.2, 0) is 11.2 Å². The molecule has 5 nitrogen and oxygen atoms in total. The summed E-state index contributed by atoms with van der Waals surface area (Å²) in [6.45, 7) is 2.87. The summed E-state index contributed by atoms with van der Waals surface area (Å²) in [5, 5.41) is 11.5. The highest BCUT2D eigenvalue weighted by Crippen LogP contribution is 2.38. The molecule has 3 aromatic rings. The molecule has 1 N–H and O–H groups in total. The topological polar surface area (TPSA) is 60.9 Å². The molecule has 3 aromatic carbocycles. The van der Waals surface area contributed by atoms with E-state index in [0.717, 1.165) is 31.9 Å². The zero-order chi connectivity index (χ0) is 23.7. The number of aliphatic carboxylic acids is 1. The first-order chi connectivity index (χ1) is 15.7. The summed E-state index contributed by atoms with van der Waals surface area (Å²) in [7, 11) is 0. The molecule has 0 atom stereocenters. The minimum absolute atomic E-state index is 0.0754. The molecule has 0 spiro atoms. The van der Waals surface area contributed by atoms with E-state index in [1.54, 1.807) is 35.2 Å². The number of benzene rings is 3. The average molecular weight is 489 g/mol. The second kappa shape index (κ2) is 9.57. The molecule has 0 bridgehead atoms. The Labute approximate surface area is 201 Å². The fourth-order valence-corrected chi connectivity index (χ4v) is 4.94. The molecule has 1 fully saturated rings. The second-order valence-electron chi connectivity index (χ2n) is 8.31. The molecule has 0 radical (unpaired) electrons. The lowest BCUT2D eigenvalue weighted by Gasteiger charge is -2.35. The van der Waals surface area contributed by atoms with Crippen molar-refractivity contribution in [1.29, 1.82) is 0 Å². The van der Waals surface area contributed by atoms with Crippen LogP contribution in [-0.4, -0.2) is 35.1 Å². The smallest absolute Gasteiger partial charge is 0.339 e. The first-order valence-corrected chi connectivity index (χ1v) is 11.4. The van der Waals surface area contributed by atoms with Gasteiger partial charge in [0.15, 0.2) is 0 Å². The highest BCUT2D eigenvalue weighted by atomic mass is 35.5. The monoisotopic (exact) mass is 488 g/mol. The van der Waals surface area contributed by atoms with Crippen molar-refractivity contribution < 1.29 is 19.1 Å². The van der Waals surface area contributed by atoms with Crippen LogP contribution in [0.5, 0.6) is 0 Å². The van der Waals surface area contributed by atoms with Gasteiger partial charge in [-0.25, -0.2) is 13.6 Å². The minimum Gasteiger partial charge on any atom is -0.481 e. The maximum atomic E-state index is 14.1. The number of nitrogens with zero attached hydrogens (tertiary/aromatic N) is 2. The van der Waals surface area contributed by atoms with E-state index in [1.165, 1.54) is 12.1 Å². The predicted molar refractivity (Wildman–Crippen MR) is 129 cm³/mol. The second-order valence-corrected chi connectivity index (χ2v) is 9.09. The molecule has 172 valence electrons. The van der Waals surface area contributed by atoms with E-state index >= 15 is 0 Å². The number of halogens is 3. The number of urea groups is 1. The van der Waals surface area contributed by atoms with Gasteiger partial charge in [0.2, 0.25) is 0 Å². The number of carbonyl (C=O) groups excluding carboxylic acids is 1. The molecular weight excluding hydrogens is 466 g/mol. The minimum atomic E-state index is -0.907. The van der Waals surface area contributed by atoms with E-state index in [-0.39, 0.29) is 24.2 Å². The van der Waals surface area contributed by atoms with Crippen LogP contribution in [0.15, 0.2) is 48.5 Å². The molecule has 1 saturated heterocycles. The molecule has 4 rings (SSSR count). The van der Waals surface area contributed by atoms with Crippen LogP contribution in [0.4, 0.5) is 14.9 Å². The predicted octanol–water partition coefficient (Wildman–Crippen LogP) is 6.53. The van der Waals surface area contributed by atoms with Crippen LogP contribution in [0.2, 0.25) is 5.02 Å². The molecule has 1 aliphatic rings. The number of rotatable bonds is 4. The Kier molecular flexibility index (Phi) is 6.77. The van der Waals surface area contributed by atoms with Gasteiger partial charge < -0.3 is 10.0 Å². The molecule has 0 unspecified atom stereocenters. The summed E-state index contributed by atoms with van der Waals surface area (Å²) in [5.74, 6) is -1.16. The van der Waals surface area contributed by atoms with Crippen molar-refractivity contribution in [3.63, 3.8) is 0 Å². The van der Waals surface area contributed by atoms with Crippen LogP contribution in [0, 0.1) is 12.7 Å². The molecule has 33 heavy (non-hydrogen) atoms. The molecule has 2 amide bonds. The number of likely N-dealkylation sites (tertiary alicyclic amines) is 1. The summed E-state index contributed by atoms with van der Waals surface area (Å²) in [5.41, 5.74) is 3.10. The molecule has 0 saturated carbocycles. The highest BCUT2D eigenvalue weighted by molar-refractivity contribution is 6.36. The summed E-state index contributed by atoms with van der Waals surface area (Å²) in [6.07, 6.45) is 1.24. The molecule has 8 heteroatoms. The number of carboxylic acids is 1. The van der Waals surface area contributed by atoms with Crippen LogP contribution >= 0.6 is 23.4 Å². The van der Waals surface area contributed by atoms with E-state index < -0.39 is 5.97 Å². The van der Waals surface area contributed by atoms with Crippen molar-refractivity contribution in [2.24, 2.45) is 0 Å². The molecule has 1 aliphatic heterocycles. The lowest BCUT2D eigenvalue weighted by Crippen LogP contribution is -2.43. The maximum absolute atomic E-state index is 14.1. The van der Waals surface area contributed by atoms with Gasteiger partial charge >= 0.3 is 12.0 Å². The average Bonchev–Trinajstić information content (AvgIpc) is 2.79. The molecular formula is C25H23Cl2FN2O3. The van der Waals surface area contributed by atoms with Gasteiger partial charge in [0, 0.05) is 29.9 Å². The third-order valence-corrected chi connectivity index (χ3v) is 6.85. The largest absolute Gasteiger partial charge is 0.481 e. The standard InChI is InChI=1S/C25H23Cl2FN2O3/c1-15-18(13-23(31)32)12-17-2-5-20(28)14-22(17)24(15)16-8-10-29(11-9-16)25(33)30(27)21-6-3-19(26)4-7-21/h2-7,12,14,16H,8-11,13H2,1H3,(H,31,32). The Morgan fingerprint density at radius 1 is 1.12 bits per heavy atom. The van der Waals surface area contributed by atoms with Gasteiger partial charge in [-0.2, -0.15) is 0 Å². The van der Waals surface area contributed by atoms with Crippen molar-refractivity contribution in [2.75, 3.05) is 17.5 Å². The van der Waals surface area contributed by atoms with E-state index in [1.807, 2.05) is 13.0 Å². The molecule has 1 heterocycles. The Balaban J connectivity index is 1.58. The van der Waals surface area contributed by atoms with Gasteiger partial charge in [0.1, 0.15) is 5.82 Å². The van der Waals surface area contributed by atoms with Gasteiger partial charge in [-0.15, -0.1) is 0 Å². The number of carbonyl (C=O) groups is 2. The summed E-state index contributed by atoms with van der Waals surface area (Å²) >= 11 is 12.2. The van der Waals surface area contributed by atoms with Crippen molar-refractivity contribution in [2.45, 2.75) is 32.1 Å². The summed E-state index contributed by atoms with van der Waals surface area (Å²) < 4.78 is 15.2. The van der Waals surface area contributed by atoms with E-state index in [9.17, 15) is 19.1 Å². The van der Waals surface area contributed by atoms with Crippen molar-refractivity contribution in [3.05, 3.63) is 76.1 Å². The summed E-state index contributed by atoms with van der Waals surface area (Å²) in [6, 6.07) is 12.8. The molecule has 0 aromatic heterocycles. The summed E-state index contributed by atoms with van der Waals surface area (Å²) in [4.78, 5) is 26.0. The number of carboxylic acid groups (broad SMARTS) is 1. The molecule has 0 aliphatic carbocycles. The van der Waals surface area contributed by atoms with Crippen molar-refractivity contribution >= 4 is 51.8 Å². The Bertz CT molecular complexity index is 1210. The van der Waals surface area contributed by atoms with Crippen LogP contribution in [0.1, 0.15) is 35.4 Å². The SMILES string of the molecule is Cc1c(CC(=O)O)cc2ccc(F)cc2c1C1CCN(C(=O)N(Cl)c2ccc(Cl)cc2)CC1. The lowest BCUT2D eigenvalue weighted by molar-refractivity contribution is -0.136. The van der Waals surface area contributed by atoms with Crippen LogP contribution < -0.4 is 4.42 Å². The van der Waals surface area contributed by atoms with E-state index in [0.29, 0.717) is 36.6 Å². The zero-order valence-corrected chi connectivity index (χ0v) is 19.5. The third-order valence-electron chi connectivity index (χ3n) is 6.26. The van der Waals surface area contributed by atoms with E-state index in [4.69, 9.17) is 23.4 Å². The number of hydrogen-bond donors (Lipinski definition) is 1.